The molecule has 0 saturated carbocycles. The van der Waals surface area contributed by atoms with E-state index in [2.05, 4.69) is 4.98 Å². The number of benzene rings is 2. The van der Waals surface area contributed by atoms with E-state index >= 15 is 0 Å². The molecule has 0 atom stereocenters. The number of para-hydroxylation sites is 2. The van der Waals surface area contributed by atoms with Gasteiger partial charge in [-0.2, -0.15) is 0 Å². The van der Waals surface area contributed by atoms with Crippen LogP contribution in [0.5, 0.6) is 5.75 Å². The van der Waals surface area contributed by atoms with Gasteiger partial charge in [0.05, 0.1) is 24.1 Å². The van der Waals surface area contributed by atoms with Crippen molar-refractivity contribution >= 4 is 10.9 Å². The minimum absolute atomic E-state index is 0.128. The molecule has 1 heterocycles. The molecule has 0 amide bonds. The average Bonchev–Trinajstić information content (AvgIpc) is 2.57. The normalized spacial score (nSPS) is 10.9. The molecule has 0 bridgehead atoms. The summed E-state index contributed by atoms with van der Waals surface area (Å²) in [6.07, 6.45) is 0. The second-order valence-electron chi connectivity index (χ2n) is 5.28. The first kappa shape index (κ1) is 15.2. The summed E-state index contributed by atoms with van der Waals surface area (Å²) >= 11 is 0. The van der Waals surface area contributed by atoms with E-state index in [4.69, 9.17) is 4.74 Å². The Kier molecular flexibility index (Phi) is 4.39. The van der Waals surface area contributed by atoms with Gasteiger partial charge in [-0.15, -0.1) is 0 Å². The van der Waals surface area contributed by atoms with Crippen LogP contribution in [0.3, 0.4) is 0 Å². The lowest BCUT2D eigenvalue weighted by molar-refractivity contribution is 0.254. The highest BCUT2D eigenvalue weighted by molar-refractivity contribution is 5.77. The van der Waals surface area contributed by atoms with E-state index in [1.807, 2.05) is 37.3 Å². The smallest absolute Gasteiger partial charge is 0.261 e. The fourth-order valence-electron chi connectivity index (χ4n) is 2.52. The maximum Gasteiger partial charge on any atom is 0.261 e. The van der Waals surface area contributed by atoms with Gasteiger partial charge in [-0.05, 0) is 30.7 Å². The Morgan fingerprint density at radius 1 is 1.13 bits per heavy atom. The summed E-state index contributed by atoms with van der Waals surface area (Å²) < 4.78 is 7.28. The molecular formula is C18H18N2O3. The first-order valence-electron chi connectivity index (χ1n) is 7.48. The van der Waals surface area contributed by atoms with E-state index < -0.39 is 0 Å². The molecular weight excluding hydrogens is 292 g/mol. The molecule has 118 valence electrons. The lowest BCUT2D eigenvalue weighted by atomic mass is 10.2. The van der Waals surface area contributed by atoms with Crippen LogP contribution >= 0.6 is 0 Å². The highest BCUT2D eigenvalue weighted by Crippen LogP contribution is 2.18. The van der Waals surface area contributed by atoms with Crippen LogP contribution in [0, 0.1) is 6.92 Å². The molecule has 0 fully saturated rings. The van der Waals surface area contributed by atoms with Gasteiger partial charge in [-0.3, -0.25) is 9.36 Å². The molecule has 0 radical (unpaired) electrons. The molecule has 0 unspecified atom stereocenters. The number of aliphatic hydroxyl groups is 1. The van der Waals surface area contributed by atoms with Gasteiger partial charge in [0.15, 0.2) is 0 Å². The molecule has 23 heavy (non-hydrogen) atoms. The van der Waals surface area contributed by atoms with Crippen molar-refractivity contribution in [3.05, 3.63) is 70.3 Å². The molecule has 5 heteroatoms. The summed E-state index contributed by atoms with van der Waals surface area (Å²) in [7, 11) is 0. The Balaban J connectivity index is 2.00. The number of ether oxygens (including phenoxy) is 1. The van der Waals surface area contributed by atoms with E-state index in [-0.39, 0.29) is 25.3 Å². The Bertz CT molecular complexity index is 887. The zero-order valence-corrected chi connectivity index (χ0v) is 12.9. The Hall–Kier alpha value is -2.66. The predicted octanol–water partition coefficient (Wildman–Crippen LogP) is 2.28. The van der Waals surface area contributed by atoms with Crippen LogP contribution in [-0.2, 0) is 13.2 Å². The largest absolute Gasteiger partial charge is 0.485 e. The monoisotopic (exact) mass is 310 g/mol. The van der Waals surface area contributed by atoms with Crippen LogP contribution in [-0.4, -0.2) is 21.3 Å². The van der Waals surface area contributed by atoms with Gasteiger partial charge < -0.3 is 9.84 Å². The number of rotatable bonds is 5. The van der Waals surface area contributed by atoms with Crippen molar-refractivity contribution in [3.8, 4) is 5.75 Å². The number of fused-ring (bicyclic) bond motifs is 1. The van der Waals surface area contributed by atoms with Crippen LogP contribution in [0.2, 0.25) is 0 Å². The van der Waals surface area contributed by atoms with Crippen molar-refractivity contribution in [1.29, 1.82) is 0 Å². The Morgan fingerprint density at radius 2 is 1.87 bits per heavy atom. The molecule has 0 aliphatic heterocycles. The second-order valence-corrected chi connectivity index (χ2v) is 5.28. The number of aryl methyl sites for hydroxylation is 1. The fraction of sp³-hybridized carbons (Fsp3) is 0.222. The molecule has 0 saturated heterocycles. The van der Waals surface area contributed by atoms with Crippen molar-refractivity contribution < 1.29 is 9.84 Å². The van der Waals surface area contributed by atoms with Gasteiger partial charge >= 0.3 is 0 Å². The highest BCUT2D eigenvalue weighted by Gasteiger charge is 2.11. The molecule has 2 aromatic carbocycles. The van der Waals surface area contributed by atoms with Gasteiger partial charge in [-0.1, -0.05) is 30.3 Å². The van der Waals surface area contributed by atoms with Gasteiger partial charge in [0, 0.05) is 0 Å². The fourth-order valence-corrected chi connectivity index (χ4v) is 2.52. The number of hydrogen-bond donors (Lipinski definition) is 1. The van der Waals surface area contributed by atoms with E-state index in [1.165, 1.54) is 4.57 Å². The van der Waals surface area contributed by atoms with Crippen LogP contribution < -0.4 is 10.3 Å². The Labute approximate surface area is 133 Å². The third kappa shape index (κ3) is 3.10. The number of hydrogen-bond acceptors (Lipinski definition) is 4. The molecule has 0 aliphatic carbocycles. The molecule has 1 aromatic heterocycles. The predicted molar refractivity (Wildman–Crippen MR) is 88.6 cm³/mol. The second kappa shape index (κ2) is 6.62. The number of nitrogens with zero attached hydrogens (tertiary/aromatic N) is 2. The lowest BCUT2D eigenvalue weighted by Crippen LogP contribution is -2.27. The summed E-state index contributed by atoms with van der Waals surface area (Å²) in [6.45, 7) is 2.20. The van der Waals surface area contributed by atoms with Gasteiger partial charge in [-0.25, -0.2) is 4.98 Å². The molecule has 5 nitrogen and oxygen atoms in total. The van der Waals surface area contributed by atoms with E-state index in [9.17, 15) is 9.90 Å². The van der Waals surface area contributed by atoms with Crippen LogP contribution in [0.15, 0.2) is 53.3 Å². The molecule has 0 spiro atoms. The number of aromatic nitrogens is 2. The zero-order valence-electron chi connectivity index (χ0n) is 12.9. The van der Waals surface area contributed by atoms with Crippen molar-refractivity contribution in [3.63, 3.8) is 0 Å². The third-order valence-electron chi connectivity index (χ3n) is 3.71. The summed E-state index contributed by atoms with van der Waals surface area (Å²) in [5.74, 6) is 1.26. The SMILES string of the molecule is Cc1ccccc1OCc1nc2ccccc2c(=O)n1CCO. The lowest BCUT2D eigenvalue weighted by Gasteiger charge is -2.14. The Morgan fingerprint density at radius 3 is 2.65 bits per heavy atom. The maximum absolute atomic E-state index is 12.6. The van der Waals surface area contributed by atoms with E-state index in [1.54, 1.807) is 18.2 Å². The standard InChI is InChI=1S/C18H18N2O3/c1-13-6-2-5-9-16(13)23-12-17-19-15-8-4-3-7-14(15)18(22)20(17)10-11-21/h2-9,21H,10-12H2,1H3. The summed E-state index contributed by atoms with van der Waals surface area (Å²) in [5, 5.41) is 9.78. The van der Waals surface area contributed by atoms with Crippen LogP contribution in [0.4, 0.5) is 0 Å². The van der Waals surface area contributed by atoms with Crippen molar-refractivity contribution in [2.45, 2.75) is 20.1 Å². The van der Waals surface area contributed by atoms with E-state index in [0.29, 0.717) is 16.7 Å². The molecule has 1 N–H and O–H groups in total. The highest BCUT2D eigenvalue weighted by atomic mass is 16.5. The third-order valence-corrected chi connectivity index (χ3v) is 3.71. The first-order valence-corrected chi connectivity index (χ1v) is 7.48. The summed E-state index contributed by atoms with van der Waals surface area (Å²) in [4.78, 5) is 17.1. The molecule has 3 rings (SSSR count). The summed E-state index contributed by atoms with van der Waals surface area (Å²) in [5.41, 5.74) is 1.49. The summed E-state index contributed by atoms with van der Waals surface area (Å²) in [6, 6.07) is 14.9. The van der Waals surface area contributed by atoms with Crippen molar-refractivity contribution in [2.24, 2.45) is 0 Å². The minimum atomic E-state index is -0.159. The topological polar surface area (TPSA) is 64.3 Å². The van der Waals surface area contributed by atoms with Gasteiger partial charge in [0.25, 0.3) is 5.56 Å². The quantitative estimate of drug-likeness (QED) is 0.785. The number of aliphatic hydroxyl groups excluding tert-OH is 1. The van der Waals surface area contributed by atoms with Gasteiger partial charge in [0.1, 0.15) is 18.2 Å². The van der Waals surface area contributed by atoms with E-state index in [0.717, 1.165) is 11.3 Å². The zero-order chi connectivity index (χ0) is 16.2. The molecule has 0 aliphatic rings. The van der Waals surface area contributed by atoms with Crippen molar-refractivity contribution in [1.82, 2.24) is 9.55 Å². The first-order chi connectivity index (χ1) is 11.2. The minimum Gasteiger partial charge on any atom is -0.485 e. The van der Waals surface area contributed by atoms with Crippen LogP contribution in [0.25, 0.3) is 10.9 Å². The van der Waals surface area contributed by atoms with Gasteiger partial charge in [0.2, 0.25) is 0 Å². The molecule has 3 aromatic rings. The average molecular weight is 310 g/mol. The maximum atomic E-state index is 12.6. The van der Waals surface area contributed by atoms with Crippen LogP contribution in [0.1, 0.15) is 11.4 Å². The van der Waals surface area contributed by atoms with Crippen molar-refractivity contribution in [2.75, 3.05) is 6.61 Å².